The average molecular weight is 199 g/mol. The Balaban J connectivity index is 2.16. The second kappa shape index (κ2) is 4.27. The minimum Gasteiger partial charge on any atom is -0.294 e. The molecule has 0 heterocycles. The second-order valence-electron chi connectivity index (χ2n) is 3.92. The van der Waals surface area contributed by atoms with E-state index in [1.807, 2.05) is 18.2 Å². The van der Waals surface area contributed by atoms with Crippen LogP contribution < -0.4 is 0 Å². The molecule has 0 aliphatic heterocycles. The zero-order valence-electron chi connectivity index (χ0n) is 8.62. The molecule has 0 amide bonds. The number of benzene rings is 1. The molecule has 0 aromatic heterocycles. The van der Waals surface area contributed by atoms with Crippen molar-refractivity contribution < 1.29 is 4.79 Å². The maximum atomic E-state index is 11.7. The summed E-state index contributed by atoms with van der Waals surface area (Å²) in [6.07, 6.45) is 4.09. The van der Waals surface area contributed by atoms with E-state index < -0.39 is 0 Å². The van der Waals surface area contributed by atoms with Crippen LogP contribution in [0.25, 0.3) is 0 Å². The highest BCUT2D eigenvalue weighted by atomic mass is 16.1. The lowest BCUT2D eigenvalue weighted by molar-refractivity contribution is 0.0984. The van der Waals surface area contributed by atoms with Crippen molar-refractivity contribution in [2.75, 3.05) is 0 Å². The molecule has 2 rings (SSSR count). The molecule has 0 spiro atoms. The Hall–Kier alpha value is -1.62. The standard InChI is InChI=1S/C13H13NO/c14-8-2-5-13(15)12-7-6-10-3-1-4-11(10)9-12/h6-7,9H,1-5H2. The van der Waals surface area contributed by atoms with Gasteiger partial charge in [-0.3, -0.25) is 4.79 Å². The van der Waals surface area contributed by atoms with E-state index in [1.165, 1.54) is 17.5 Å². The number of fused-ring (bicyclic) bond motifs is 1. The minimum absolute atomic E-state index is 0.0891. The molecule has 0 atom stereocenters. The fourth-order valence-electron chi connectivity index (χ4n) is 2.06. The van der Waals surface area contributed by atoms with Gasteiger partial charge in [-0.05, 0) is 36.5 Å². The second-order valence-corrected chi connectivity index (χ2v) is 3.92. The smallest absolute Gasteiger partial charge is 0.163 e. The SMILES string of the molecule is N#CCCC(=O)c1ccc2c(c1)CCC2. The Morgan fingerprint density at radius 3 is 2.93 bits per heavy atom. The van der Waals surface area contributed by atoms with Crippen molar-refractivity contribution in [3.63, 3.8) is 0 Å². The zero-order valence-corrected chi connectivity index (χ0v) is 8.62. The Bertz CT molecular complexity index is 429. The van der Waals surface area contributed by atoms with Gasteiger partial charge in [0, 0.05) is 18.4 Å². The van der Waals surface area contributed by atoms with Gasteiger partial charge in [0.05, 0.1) is 6.07 Å². The maximum Gasteiger partial charge on any atom is 0.163 e. The highest BCUT2D eigenvalue weighted by Gasteiger charge is 2.13. The van der Waals surface area contributed by atoms with Crippen LogP contribution in [0, 0.1) is 11.3 Å². The molecule has 0 saturated carbocycles. The summed E-state index contributed by atoms with van der Waals surface area (Å²) in [6.45, 7) is 0. The molecule has 1 aromatic rings. The van der Waals surface area contributed by atoms with Gasteiger partial charge in [0.15, 0.2) is 5.78 Å². The van der Waals surface area contributed by atoms with E-state index in [1.54, 1.807) is 0 Å². The molecule has 1 aromatic carbocycles. The van der Waals surface area contributed by atoms with Gasteiger partial charge >= 0.3 is 0 Å². The number of ketones is 1. The highest BCUT2D eigenvalue weighted by molar-refractivity contribution is 5.96. The van der Waals surface area contributed by atoms with Crippen molar-refractivity contribution in [3.8, 4) is 6.07 Å². The number of nitrogens with zero attached hydrogens (tertiary/aromatic N) is 1. The lowest BCUT2D eigenvalue weighted by Crippen LogP contribution is -1.99. The summed E-state index contributed by atoms with van der Waals surface area (Å²) in [7, 11) is 0. The number of aryl methyl sites for hydroxylation is 2. The van der Waals surface area contributed by atoms with Crippen LogP contribution in [0.2, 0.25) is 0 Å². The molecule has 0 N–H and O–H groups in total. The first kappa shape index (κ1) is 9.92. The average Bonchev–Trinajstić information content (AvgIpc) is 2.72. The molecule has 0 bridgehead atoms. The van der Waals surface area contributed by atoms with Crippen molar-refractivity contribution in [1.82, 2.24) is 0 Å². The van der Waals surface area contributed by atoms with Crippen LogP contribution >= 0.6 is 0 Å². The molecule has 0 saturated heterocycles. The predicted molar refractivity (Wildman–Crippen MR) is 57.6 cm³/mol. The third-order valence-corrected chi connectivity index (χ3v) is 2.88. The molecule has 1 aliphatic rings. The van der Waals surface area contributed by atoms with Crippen LogP contribution in [-0.4, -0.2) is 5.78 Å². The van der Waals surface area contributed by atoms with Gasteiger partial charge in [-0.2, -0.15) is 5.26 Å². The van der Waals surface area contributed by atoms with Gasteiger partial charge in [-0.15, -0.1) is 0 Å². The van der Waals surface area contributed by atoms with Gasteiger partial charge in [0.1, 0.15) is 0 Å². The van der Waals surface area contributed by atoms with E-state index in [2.05, 4.69) is 6.07 Å². The van der Waals surface area contributed by atoms with Gasteiger partial charge in [-0.1, -0.05) is 12.1 Å². The molecular weight excluding hydrogens is 186 g/mol. The number of nitriles is 1. The highest BCUT2D eigenvalue weighted by Crippen LogP contribution is 2.23. The van der Waals surface area contributed by atoms with E-state index in [-0.39, 0.29) is 5.78 Å². The van der Waals surface area contributed by atoms with Gasteiger partial charge in [-0.25, -0.2) is 0 Å². The van der Waals surface area contributed by atoms with Crippen LogP contribution in [0.1, 0.15) is 40.7 Å². The summed E-state index contributed by atoms with van der Waals surface area (Å²) in [5.74, 6) is 0.0891. The van der Waals surface area contributed by atoms with Crippen LogP contribution in [0.4, 0.5) is 0 Å². The fraction of sp³-hybridized carbons (Fsp3) is 0.385. The minimum atomic E-state index is 0.0891. The first-order valence-electron chi connectivity index (χ1n) is 5.33. The van der Waals surface area contributed by atoms with Crippen molar-refractivity contribution in [1.29, 1.82) is 5.26 Å². The van der Waals surface area contributed by atoms with Crippen molar-refractivity contribution in [3.05, 3.63) is 34.9 Å². The van der Waals surface area contributed by atoms with Crippen LogP contribution in [0.15, 0.2) is 18.2 Å². The van der Waals surface area contributed by atoms with Crippen LogP contribution in [-0.2, 0) is 12.8 Å². The van der Waals surface area contributed by atoms with Crippen molar-refractivity contribution in [2.45, 2.75) is 32.1 Å². The third-order valence-electron chi connectivity index (χ3n) is 2.88. The Morgan fingerprint density at radius 2 is 2.13 bits per heavy atom. The first-order valence-corrected chi connectivity index (χ1v) is 5.33. The molecule has 1 aliphatic carbocycles. The number of carbonyl (C=O) groups is 1. The lowest BCUT2D eigenvalue weighted by atomic mass is 10.0. The maximum absolute atomic E-state index is 11.7. The summed E-state index contributed by atoms with van der Waals surface area (Å²) in [5, 5.41) is 8.41. The fourth-order valence-corrected chi connectivity index (χ4v) is 2.06. The summed E-state index contributed by atoms with van der Waals surface area (Å²) in [4.78, 5) is 11.7. The van der Waals surface area contributed by atoms with E-state index in [0.717, 1.165) is 18.4 Å². The summed E-state index contributed by atoms with van der Waals surface area (Å²) >= 11 is 0. The molecular formula is C13H13NO. The number of hydrogen-bond acceptors (Lipinski definition) is 2. The number of Topliss-reactive ketones (excluding diaryl/α,β-unsaturated/α-hetero) is 1. The predicted octanol–water partition coefficient (Wildman–Crippen LogP) is 2.66. The number of hydrogen-bond donors (Lipinski definition) is 0. The summed E-state index contributed by atoms with van der Waals surface area (Å²) in [5.41, 5.74) is 3.47. The van der Waals surface area contributed by atoms with Gasteiger partial charge in [0.25, 0.3) is 0 Å². The van der Waals surface area contributed by atoms with E-state index in [4.69, 9.17) is 5.26 Å². The quantitative estimate of drug-likeness (QED) is 0.702. The summed E-state index contributed by atoms with van der Waals surface area (Å²) in [6, 6.07) is 7.95. The Labute approximate surface area is 89.5 Å². The number of carbonyl (C=O) groups excluding carboxylic acids is 1. The molecule has 76 valence electrons. The molecule has 2 nitrogen and oxygen atoms in total. The first-order chi connectivity index (χ1) is 7.31. The van der Waals surface area contributed by atoms with Crippen molar-refractivity contribution >= 4 is 5.78 Å². The monoisotopic (exact) mass is 199 g/mol. The molecule has 0 unspecified atom stereocenters. The largest absolute Gasteiger partial charge is 0.294 e. The van der Waals surface area contributed by atoms with Gasteiger partial charge < -0.3 is 0 Å². The molecule has 0 radical (unpaired) electrons. The molecule has 2 heteroatoms. The van der Waals surface area contributed by atoms with E-state index in [0.29, 0.717) is 12.8 Å². The Kier molecular flexibility index (Phi) is 2.82. The molecule has 15 heavy (non-hydrogen) atoms. The normalized spacial score (nSPS) is 13.3. The topological polar surface area (TPSA) is 40.9 Å². The van der Waals surface area contributed by atoms with Gasteiger partial charge in [0.2, 0.25) is 0 Å². The Morgan fingerprint density at radius 1 is 1.33 bits per heavy atom. The third kappa shape index (κ3) is 2.07. The van der Waals surface area contributed by atoms with E-state index in [9.17, 15) is 4.79 Å². The number of rotatable bonds is 3. The zero-order chi connectivity index (χ0) is 10.7. The van der Waals surface area contributed by atoms with E-state index >= 15 is 0 Å². The van der Waals surface area contributed by atoms with Crippen molar-refractivity contribution in [2.24, 2.45) is 0 Å². The van der Waals surface area contributed by atoms with Crippen LogP contribution in [0.3, 0.4) is 0 Å². The lowest BCUT2D eigenvalue weighted by Gasteiger charge is -2.02. The summed E-state index contributed by atoms with van der Waals surface area (Å²) < 4.78 is 0. The van der Waals surface area contributed by atoms with Crippen LogP contribution in [0.5, 0.6) is 0 Å². The molecule has 0 fully saturated rings.